The van der Waals surface area contributed by atoms with Crippen LogP contribution in [0, 0.1) is 17.1 Å². The van der Waals surface area contributed by atoms with E-state index in [1.165, 1.54) is 12.1 Å². The highest BCUT2D eigenvalue weighted by molar-refractivity contribution is 6.30. The molecular formula is C15H10ClFN2O2. The Labute approximate surface area is 125 Å². The van der Waals surface area contributed by atoms with Crippen molar-refractivity contribution in [2.24, 2.45) is 0 Å². The maximum Gasteiger partial charge on any atom is 0.262 e. The molecule has 21 heavy (non-hydrogen) atoms. The second kappa shape index (κ2) is 6.73. The van der Waals surface area contributed by atoms with Crippen molar-refractivity contribution in [2.75, 3.05) is 11.9 Å². The van der Waals surface area contributed by atoms with Crippen LogP contribution in [-0.4, -0.2) is 12.5 Å². The van der Waals surface area contributed by atoms with Crippen molar-refractivity contribution >= 4 is 23.2 Å². The summed E-state index contributed by atoms with van der Waals surface area (Å²) in [7, 11) is 0. The van der Waals surface area contributed by atoms with Crippen molar-refractivity contribution < 1.29 is 13.9 Å². The van der Waals surface area contributed by atoms with Crippen molar-refractivity contribution in [3.05, 3.63) is 58.9 Å². The van der Waals surface area contributed by atoms with Crippen molar-refractivity contribution in [3.8, 4) is 11.8 Å². The van der Waals surface area contributed by atoms with Gasteiger partial charge < -0.3 is 10.1 Å². The monoisotopic (exact) mass is 304 g/mol. The molecule has 0 saturated carbocycles. The molecule has 2 aromatic rings. The van der Waals surface area contributed by atoms with E-state index >= 15 is 0 Å². The maximum absolute atomic E-state index is 13.2. The third-order valence-corrected chi connectivity index (χ3v) is 2.89. The molecule has 0 atom stereocenters. The molecule has 0 saturated heterocycles. The largest absolute Gasteiger partial charge is 0.484 e. The molecule has 0 aliphatic rings. The lowest BCUT2D eigenvalue weighted by Crippen LogP contribution is -2.20. The number of rotatable bonds is 4. The predicted octanol–water partition coefficient (Wildman–Crippen LogP) is 3.37. The molecule has 0 spiro atoms. The van der Waals surface area contributed by atoms with Gasteiger partial charge in [0, 0.05) is 6.07 Å². The number of benzene rings is 2. The minimum absolute atomic E-state index is 0.0188. The number of amides is 1. The molecule has 0 radical (unpaired) electrons. The first-order valence-electron chi connectivity index (χ1n) is 5.97. The van der Waals surface area contributed by atoms with Crippen molar-refractivity contribution in [3.63, 3.8) is 0 Å². The van der Waals surface area contributed by atoms with Gasteiger partial charge >= 0.3 is 0 Å². The summed E-state index contributed by atoms with van der Waals surface area (Å²) in [6.45, 7) is -0.305. The van der Waals surface area contributed by atoms with Gasteiger partial charge in [-0.25, -0.2) is 4.39 Å². The number of carbonyl (C=O) groups is 1. The van der Waals surface area contributed by atoms with Crippen LogP contribution >= 0.6 is 11.6 Å². The zero-order chi connectivity index (χ0) is 15.2. The molecule has 0 unspecified atom stereocenters. The predicted molar refractivity (Wildman–Crippen MR) is 76.7 cm³/mol. The van der Waals surface area contributed by atoms with E-state index < -0.39 is 11.7 Å². The number of nitrogens with zero attached hydrogens (tertiary/aromatic N) is 1. The molecule has 1 N–H and O–H groups in total. The Morgan fingerprint density at radius 2 is 2.10 bits per heavy atom. The van der Waals surface area contributed by atoms with Crippen molar-refractivity contribution in [1.29, 1.82) is 5.26 Å². The summed E-state index contributed by atoms with van der Waals surface area (Å²) in [5, 5.41) is 11.4. The van der Waals surface area contributed by atoms with Gasteiger partial charge in [0.1, 0.15) is 17.6 Å². The fourth-order valence-corrected chi connectivity index (χ4v) is 1.71. The lowest BCUT2D eigenvalue weighted by Gasteiger charge is -2.08. The molecule has 2 rings (SSSR count). The Balaban J connectivity index is 1.96. The molecule has 4 nitrogen and oxygen atoms in total. The van der Waals surface area contributed by atoms with Crippen molar-refractivity contribution in [1.82, 2.24) is 0 Å². The van der Waals surface area contributed by atoms with E-state index in [-0.39, 0.29) is 17.4 Å². The Hall–Kier alpha value is -2.58. The van der Waals surface area contributed by atoms with Gasteiger partial charge in [0.25, 0.3) is 5.91 Å². The SMILES string of the molecule is N#Cc1ccccc1NC(=O)COc1ccc(Cl)c(F)c1. The smallest absolute Gasteiger partial charge is 0.262 e. The molecule has 6 heteroatoms. The second-order valence-electron chi connectivity index (χ2n) is 4.07. The average Bonchev–Trinajstić information content (AvgIpc) is 2.49. The number of halogens is 2. The Kier molecular flexibility index (Phi) is 4.75. The average molecular weight is 305 g/mol. The van der Waals surface area contributed by atoms with Gasteiger partial charge in [-0.1, -0.05) is 23.7 Å². The van der Waals surface area contributed by atoms with E-state index in [1.54, 1.807) is 24.3 Å². The zero-order valence-electron chi connectivity index (χ0n) is 10.8. The Morgan fingerprint density at radius 3 is 2.81 bits per heavy atom. The van der Waals surface area contributed by atoms with Gasteiger partial charge in [-0.05, 0) is 24.3 Å². The van der Waals surface area contributed by atoms with E-state index in [0.717, 1.165) is 6.07 Å². The summed E-state index contributed by atoms with van der Waals surface area (Å²) in [6.07, 6.45) is 0. The van der Waals surface area contributed by atoms with Crippen LogP contribution in [0.2, 0.25) is 5.02 Å². The van der Waals surface area contributed by atoms with Gasteiger partial charge in [-0.2, -0.15) is 5.26 Å². The van der Waals surface area contributed by atoms with E-state index in [1.807, 2.05) is 6.07 Å². The number of nitriles is 1. The normalized spacial score (nSPS) is 9.76. The minimum Gasteiger partial charge on any atom is -0.484 e. The standard InChI is InChI=1S/C15H10ClFN2O2/c16-12-6-5-11(7-13(12)17)21-9-15(20)19-14-4-2-1-3-10(14)8-18/h1-7H,9H2,(H,19,20). The van der Waals surface area contributed by atoms with Crippen molar-refractivity contribution in [2.45, 2.75) is 0 Å². The Morgan fingerprint density at radius 1 is 1.33 bits per heavy atom. The van der Waals surface area contributed by atoms with Crippen LogP contribution < -0.4 is 10.1 Å². The lowest BCUT2D eigenvalue weighted by molar-refractivity contribution is -0.118. The van der Waals surface area contributed by atoms with E-state index in [2.05, 4.69) is 5.32 Å². The number of carbonyl (C=O) groups excluding carboxylic acids is 1. The highest BCUT2D eigenvalue weighted by Crippen LogP contribution is 2.20. The molecule has 0 bridgehead atoms. The molecule has 0 fully saturated rings. The van der Waals surface area contributed by atoms with E-state index in [9.17, 15) is 9.18 Å². The second-order valence-corrected chi connectivity index (χ2v) is 4.48. The van der Waals surface area contributed by atoms with Crippen LogP contribution in [0.4, 0.5) is 10.1 Å². The quantitative estimate of drug-likeness (QED) is 0.942. The maximum atomic E-state index is 13.2. The molecule has 1 amide bonds. The minimum atomic E-state index is -0.621. The number of nitrogens with one attached hydrogen (secondary N) is 1. The molecule has 106 valence electrons. The number of hydrogen-bond donors (Lipinski definition) is 1. The van der Waals surface area contributed by atoms with Crippen LogP contribution in [0.25, 0.3) is 0 Å². The number of hydrogen-bond acceptors (Lipinski definition) is 3. The summed E-state index contributed by atoms with van der Waals surface area (Å²) < 4.78 is 18.4. The number of para-hydroxylation sites is 1. The first-order valence-corrected chi connectivity index (χ1v) is 6.35. The topological polar surface area (TPSA) is 62.1 Å². The molecule has 0 aliphatic carbocycles. The van der Waals surface area contributed by atoms with E-state index in [0.29, 0.717) is 11.3 Å². The van der Waals surface area contributed by atoms with Crippen LogP contribution in [-0.2, 0) is 4.79 Å². The van der Waals surface area contributed by atoms with Crippen LogP contribution in [0.5, 0.6) is 5.75 Å². The molecular weight excluding hydrogens is 295 g/mol. The third-order valence-electron chi connectivity index (χ3n) is 2.58. The van der Waals surface area contributed by atoms with Gasteiger partial charge in [-0.3, -0.25) is 4.79 Å². The van der Waals surface area contributed by atoms with Crippen LogP contribution in [0.3, 0.4) is 0 Å². The van der Waals surface area contributed by atoms with E-state index in [4.69, 9.17) is 21.6 Å². The zero-order valence-corrected chi connectivity index (χ0v) is 11.5. The summed E-state index contributed by atoms with van der Waals surface area (Å²) in [4.78, 5) is 11.7. The molecule has 0 aliphatic heterocycles. The highest BCUT2D eigenvalue weighted by atomic mass is 35.5. The number of ether oxygens (including phenoxy) is 1. The van der Waals surface area contributed by atoms with Crippen LogP contribution in [0.1, 0.15) is 5.56 Å². The summed E-state index contributed by atoms with van der Waals surface area (Å²) in [5.41, 5.74) is 0.749. The van der Waals surface area contributed by atoms with Gasteiger partial charge in [0.2, 0.25) is 0 Å². The van der Waals surface area contributed by atoms with Gasteiger partial charge in [0.05, 0.1) is 16.3 Å². The highest BCUT2D eigenvalue weighted by Gasteiger charge is 2.08. The summed E-state index contributed by atoms with van der Waals surface area (Å²) in [6, 6.07) is 12.5. The summed E-state index contributed by atoms with van der Waals surface area (Å²) in [5.74, 6) is -0.877. The number of anilines is 1. The molecule has 2 aromatic carbocycles. The molecule has 0 heterocycles. The molecule has 0 aromatic heterocycles. The lowest BCUT2D eigenvalue weighted by atomic mass is 10.2. The summed E-state index contributed by atoms with van der Waals surface area (Å²) >= 11 is 5.54. The fourth-order valence-electron chi connectivity index (χ4n) is 1.59. The first kappa shape index (κ1) is 14.8. The fraction of sp³-hybridized carbons (Fsp3) is 0.0667. The van der Waals surface area contributed by atoms with Gasteiger partial charge in [-0.15, -0.1) is 0 Å². The Bertz CT molecular complexity index is 713. The first-order chi connectivity index (χ1) is 10.1. The van der Waals surface area contributed by atoms with Gasteiger partial charge in [0.15, 0.2) is 6.61 Å². The van der Waals surface area contributed by atoms with Crippen LogP contribution in [0.15, 0.2) is 42.5 Å². The third kappa shape index (κ3) is 3.94.